The van der Waals surface area contributed by atoms with Crippen molar-refractivity contribution in [1.82, 2.24) is 0 Å². The van der Waals surface area contributed by atoms with E-state index in [9.17, 15) is 19.3 Å². The van der Waals surface area contributed by atoms with Gasteiger partial charge < -0.3 is 10.1 Å². The lowest BCUT2D eigenvalue weighted by Gasteiger charge is -2.12. The molecule has 6 nitrogen and oxygen atoms in total. The molecular formula is C16H15FN2O4. The zero-order chi connectivity index (χ0) is 17.0. The Morgan fingerprint density at radius 1 is 1.30 bits per heavy atom. The van der Waals surface area contributed by atoms with E-state index >= 15 is 0 Å². The number of non-ortho nitro benzene ring substituents is 1. The van der Waals surface area contributed by atoms with E-state index in [-0.39, 0.29) is 11.7 Å². The Kier molecular flexibility index (Phi) is 5.02. The van der Waals surface area contributed by atoms with Crippen molar-refractivity contribution in [2.24, 2.45) is 0 Å². The number of nitro groups is 1. The number of carbonyl (C=O) groups excluding carboxylic acids is 1. The SMILES string of the molecule is CO[C@@H](C)c1cccc(NC(=O)c2ccc([N+](=O)[O-])cc2F)c1. The molecule has 0 bridgehead atoms. The molecule has 0 aliphatic rings. The molecule has 1 amide bonds. The summed E-state index contributed by atoms with van der Waals surface area (Å²) in [6.07, 6.45) is -0.150. The van der Waals surface area contributed by atoms with Crippen LogP contribution >= 0.6 is 0 Å². The van der Waals surface area contributed by atoms with E-state index < -0.39 is 22.3 Å². The second-order valence-corrected chi connectivity index (χ2v) is 4.88. The fraction of sp³-hybridized carbons (Fsp3) is 0.188. The summed E-state index contributed by atoms with van der Waals surface area (Å²) in [5, 5.41) is 13.1. The predicted molar refractivity (Wildman–Crippen MR) is 82.9 cm³/mol. The van der Waals surface area contributed by atoms with Crippen molar-refractivity contribution in [2.45, 2.75) is 13.0 Å². The Morgan fingerprint density at radius 2 is 2.04 bits per heavy atom. The lowest BCUT2D eigenvalue weighted by molar-refractivity contribution is -0.385. The lowest BCUT2D eigenvalue weighted by atomic mass is 10.1. The second kappa shape index (κ2) is 6.97. The maximum absolute atomic E-state index is 13.8. The number of anilines is 1. The van der Waals surface area contributed by atoms with Gasteiger partial charge in [0.05, 0.1) is 22.7 Å². The normalized spacial score (nSPS) is 11.8. The maximum atomic E-state index is 13.8. The smallest absolute Gasteiger partial charge is 0.272 e. The van der Waals surface area contributed by atoms with Crippen molar-refractivity contribution in [3.05, 3.63) is 69.5 Å². The van der Waals surface area contributed by atoms with Crippen molar-refractivity contribution in [1.29, 1.82) is 0 Å². The van der Waals surface area contributed by atoms with E-state index in [0.717, 1.165) is 23.8 Å². The summed E-state index contributed by atoms with van der Waals surface area (Å²) < 4.78 is 19.0. The molecule has 0 aromatic heterocycles. The summed E-state index contributed by atoms with van der Waals surface area (Å²) in [6, 6.07) is 9.86. The van der Waals surface area contributed by atoms with Crippen molar-refractivity contribution >= 4 is 17.3 Å². The van der Waals surface area contributed by atoms with Gasteiger partial charge in [-0.25, -0.2) is 4.39 Å². The first-order valence-corrected chi connectivity index (χ1v) is 6.80. The van der Waals surface area contributed by atoms with Gasteiger partial charge in [-0.2, -0.15) is 0 Å². The number of nitrogens with one attached hydrogen (secondary N) is 1. The number of carbonyl (C=O) groups is 1. The van der Waals surface area contributed by atoms with Gasteiger partial charge in [0.15, 0.2) is 0 Å². The van der Waals surface area contributed by atoms with E-state index in [4.69, 9.17) is 4.74 Å². The van der Waals surface area contributed by atoms with Crippen LogP contribution in [0.25, 0.3) is 0 Å². The molecule has 0 unspecified atom stereocenters. The van der Waals surface area contributed by atoms with Crippen LogP contribution in [0.2, 0.25) is 0 Å². The minimum atomic E-state index is -0.946. The van der Waals surface area contributed by atoms with Crippen LogP contribution in [-0.4, -0.2) is 17.9 Å². The summed E-state index contributed by atoms with van der Waals surface area (Å²) in [7, 11) is 1.57. The van der Waals surface area contributed by atoms with Crippen LogP contribution in [0.5, 0.6) is 0 Å². The molecule has 0 saturated carbocycles. The Morgan fingerprint density at radius 3 is 2.65 bits per heavy atom. The Hall–Kier alpha value is -2.80. The van der Waals surface area contributed by atoms with Gasteiger partial charge in [0, 0.05) is 18.9 Å². The van der Waals surface area contributed by atoms with Crippen molar-refractivity contribution < 1.29 is 18.8 Å². The molecular weight excluding hydrogens is 303 g/mol. The Labute approximate surface area is 132 Å². The maximum Gasteiger partial charge on any atom is 0.272 e. The molecule has 7 heteroatoms. The van der Waals surface area contributed by atoms with Gasteiger partial charge in [-0.1, -0.05) is 12.1 Å². The molecule has 2 rings (SSSR count). The highest BCUT2D eigenvalue weighted by Crippen LogP contribution is 2.21. The molecule has 0 aliphatic carbocycles. The standard InChI is InChI=1S/C16H15FN2O4/c1-10(23-2)11-4-3-5-12(8-11)18-16(20)14-7-6-13(19(21)22)9-15(14)17/h3-10H,1-2H3,(H,18,20)/t10-/m0/s1. The minimum Gasteiger partial charge on any atom is -0.377 e. The topological polar surface area (TPSA) is 81.5 Å². The number of nitro benzene ring substituents is 1. The van der Waals surface area contributed by atoms with Gasteiger partial charge in [-0.15, -0.1) is 0 Å². The van der Waals surface area contributed by atoms with Crippen LogP contribution < -0.4 is 5.32 Å². The van der Waals surface area contributed by atoms with Crippen molar-refractivity contribution in [3.8, 4) is 0 Å². The molecule has 0 aliphatic heterocycles. The average Bonchev–Trinajstić information content (AvgIpc) is 2.53. The third kappa shape index (κ3) is 3.89. The quantitative estimate of drug-likeness (QED) is 0.673. The molecule has 1 N–H and O–H groups in total. The molecule has 23 heavy (non-hydrogen) atoms. The first kappa shape index (κ1) is 16.6. The molecule has 0 spiro atoms. The second-order valence-electron chi connectivity index (χ2n) is 4.88. The van der Waals surface area contributed by atoms with E-state index in [2.05, 4.69) is 5.32 Å². The number of hydrogen-bond donors (Lipinski definition) is 1. The van der Waals surface area contributed by atoms with E-state index in [1.807, 2.05) is 13.0 Å². The largest absolute Gasteiger partial charge is 0.377 e. The zero-order valence-corrected chi connectivity index (χ0v) is 12.6. The summed E-state index contributed by atoms with van der Waals surface area (Å²) in [5.74, 6) is -1.63. The van der Waals surface area contributed by atoms with Crippen LogP contribution in [0.3, 0.4) is 0 Å². The predicted octanol–water partition coefficient (Wildman–Crippen LogP) is 3.69. The lowest BCUT2D eigenvalue weighted by Crippen LogP contribution is -2.14. The average molecular weight is 318 g/mol. The highest BCUT2D eigenvalue weighted by atomic mass is 19.1. The number of hydrogen-bond acceptors (Lipinski definition) is 4. The third-order valence-corrected chi connectivity index (χ3v) is 3.38. The van der Waals surface area contributed by atoms with Crippen LogP contribution in [0.15, 0.2) is 42.5 Å². The number of halogens is 1. The Bertz CT molecular complexity index is 749. The van der Waals surface area contributed by atoms with Gasteiger partial charge in [0.1, 0.15) is 5.82 Å². The van der Waals surface area contributed by atoms with Gasteiger partial charge in [0.2, 0.25) is 0 Å². The van der Waals surface area contributed by atoms with E-state index in [1.165, 1.54) is 0 Å². The number of amides is 1. The number of ether oxygens (including phenoxy) is 1. The summed E-state index contributed by atoms with van der Waals surface area (Å²) in [4.78, 5) is 22.0. The summed E-state index contributed by atoms with van der Waals surface area (Å²) in [6.45, 7) is 1.86. The van der Waals surface area contributed by atoms with Gasteiger partial charge >= 0.3 is 0 Å². The summed E-state index contributed by atoms with van der Waals surface area (Å²) >= 11 is 0. The van der Waals surface area contributed by atoms with Crippen LogP contribution in [0, 0.1) is 15.9 Å². The zero-order valence-electron chi connectivity index (χ0n) is 12.6. The Balaban J connectivity index is 2.21. The minimum absolute atomic E-state index is 0.150. The molecule has 120 valence electrons. The monoisotopic (exact) mass is 318 g/mol. The van der Waals surface area contributed by atoms with Crippen LogP contribution in [-0.2, 0) is 4.74 Å². The number of rotatable bonds is 5. The number of nitrogens with zero attached hydrogens (tertiary/aromatic N) is 1. The first-order chi connectivity index (χ1) is 10.9. The van der Waals surface area contributed by atoms with Crippen molar-refractivity contribution in [2.75, 3.05) is 12.4 Å². The molecule has 0 fully saturated rings. The van der Waals surface area contributed by atoms with Crippen LogP contribution in [0.4, 0.5) is 15.8 Å². The first-order valence-electron chi connectivity index (χ1n) is 6.80. The summed E-state index contributed by atoms with van der Waals surface area (Å²) in [5.41, 5.74) is 0.666. The molecule has 0 radical (unpaired) electrons. The molecule has 2 aromatic rings. The van der Waals surface area contributed by atoms with E-state index in [0.29, 0.717) is 5.69 Å². The molecule has 0 heterocycles. The van der Waals surface area contributed by atoms with Crippen molar-refractivity contribution in [3.63, 3.8) is 0 Å². The van der Waals surface area contributed by atoms with Crippen LogP contribution in [0.1, 0.15) is 28.9 Å². The van der Waals surface area contributed by atoms with Gasteiger partial charge in [-0.05, 0) is 30.7 Å². The van der Waals surface area contributed by atoms with Gasteiger partial charge in [-0.3, -0.25) is 14.9 Å². The highest BCUT2D eigenvalue weighted by Gasteiger charge is 2.16. The van der Waals surface area contributed by atoms with Gasteiger partial charge in [0.25, 0.3) is 11.6 Å². The molecule has 0 saturated heterocycles. The highest BCUT2D eigenvalue weighted by molar-refractivity contribution is 6.04. The van der Waals surface area contributed by atoms with E-state index in [1.54, 1.807) is 25.3 Å². The molecule has 1 atom stereocenters. The third-order valence-electron chi connectivity index (χ3n) is 3.38. The number of benzene rings is 2. The fourth-order valence-electron chi connectivity index (χ4n) is 2.01. The molecule has 2 aromatic carbocycles. The number of methoxy groups -OCH3 is 1. The fourth-order valence-corrected chi connectivity index (χ4v) is 2.01.